The summed E-state index contributed by atoms with van der Waals surface area (Å²) >= 11 is 6.23. The number of hydrogen-bond donors (Lipinski definition) is 1. The van der Waals surface area contributed by atoms with Gasteiger partial charge >= 0.3 is 0 Å². The predicted octanol–water partition coefficient (Wildman–Crippen LogP) is 3.17. The molecule has 3 nitrogen and oxygen atoms in total. The molecule has 0 aromatic heterocycles. The third-order valence-corrected chi connectivity index (χ3v) is 3.60. The standard InChI is InChI=1S/C16H27ClN2O/c1-16(2,3)18-10-14(12-20-5)19(4)11-13-8-6-7-9-15(13)17/h6-9,14,18H,10-12H2,1-5H3. The van der Waals surface area contributed by atoms with Gasteiger partial charge in [0.15, 0.2) is 0 Å². The van der Waals surface area contributed by atoms with Crippen LogP contribution in [0.15, 0.2) is 24.3 Å². The van der Waals surface area contributed by atoms with Crippen LogP contribution < -0.4 is 5.32 Å². The first kappa shape index (κ1) is 17.4. The third kappa shape index (κ3) is 6.23. The third-order valence-electron chi connectivity index (χ3n) is 3.23. The van der Waals surface area contributed by atoms with E-state index < -0.39 is 0 Å². The van der Waals surface area contributed by atoms with Crippen molar-refractivity contribution in [3.8, 4) is 0 Å². The number of methoxy groups -OCH3 is 1. The lowest BCUT2D eigenvalue weighted by molar-refractivity contribution is 0.0972. The van der Waals surface area contributed by atoms with Crippen LogP contribution in [0.3, 0.4) is 0 Å². The van der Waals surface area contributed by atoms with Gasteiger partial charge in [-0.05, 0) is 39.4 Å². The van der Waals surface area contributed by atoms with Gasteiger partial charge in [-0.15, -0.1) is 0 Å². The summed E-state index contributed by atoms with van der Waals surface area (Å²) in [6.07, 6.45) is 0. The van der Waals surface area contributed by atoms with Crippen LogP contribution >= 0.6 is 11.6 Å². The second kappa shape index (κ2) is 7.99. The molecule has 0 spiro atoms. The second-order valence-electron chi connectivity index (χ2n) is 6.25. The Bertz CT molecular complexity index is 404. The van der Waals surface area contributed by atoms with Crippen LogP contribution in [0.4, 0.5) is 0 Å². The molecule has 0 heterocycles. The van der Waals surface area contributed by atoms with Crippen molar-refractivity contribution < 1.29 is 4.74 Å². The monoisotopic (exact) mass is 298 g/mol. The smallest absolute Gasteiger partial charge is 0.0630 e. The average molecular weight is 299 g/mol. The Hall–Kier alpha value is -0.610. The Morgan fingerprint density at radius 3 is 2.50 bits per heavy atom. The summed E-state index contributed by atoms with van der Waals surface area (Å²) in [7, 11) is 3.85. The lowest BCUT2D eigenvalue weighted by atomic mass is 10.1. The van der Waals surface area contributed by atoms with Crippen LogP contribution in [0.25, 0.3) is 0 Å². The largest absolute Gasteiger partial charge is 0.383 e. The quantitative estimate of drug-likeness (QED) is 0.837. The molecule has 0 aliphatic carbocycles. The first-order valence-corrected chi connectivity index (χ1v) is 7.39. The Morgan fingerprint density at radius 1 is 1.30 bits per heavy atom. The van der Waals surface area contributed by atoms with Crippen LogP contribution in [0.5, 0.6) is 0 Å². The number of ether oxygens (including phenoxy) is 1. The van der Waals surface area contributed by atoms with E-state index in [4.69, 9.17) is 16.3 Å². The first-order chi connectivity index (χ1) is 9.33. The number of benzene rings is 1. The van der Waals surface area contributed by atoms with Gasteiger partial charge in [0.2, 0.25) is 0 Å². The minimum atomic E-state index is 0.108. The van der Waals surface area contributed by atoms with Crippen molar-refractivity contribution in [3.63, 3.8) is 0 Å². The van der Waals surface area contributed by atoms with E-state index in [9.17, 15) is 0 Å². The van der Waals surface area contributed by atoms with E-state index in [0.29, 0.717) is 12.6 Å². The zero-order valence-corrected chi connectivity index (χ0v) is 14.0. The maximum atomic E-state index is 6.23. The molecule has 0 saturated heterocycles. The Kier molecular flexibility index (Phi) is 6.96. The highest BCUT2D eigenvalue weighted by Gasteiger charge is 2.18. The van der Waals surface area contributed by atoms with Gasteiger partial charge in [-0.1, -0.05) is 29.8 Å². The van der Waals surface area contributed by atoms with E-state index in [1.807, 2.05) is 18.2 Å². The normalized spacial score (nSPS) is 13.8. The van der Waals surface area contributed by atoms with Crippen LogP contribution in [-0.4, -0.2) is 43.8 Å². The van der Waals surface area contributed by atoms with Gasteiger partial charge in [-0.3, -0.25) is 4.90 Å². The molecular weight excluding hydrogens is 272 g/mol. The number of likely N-dealkylation sites (N-methyl/N-ethyl adjacent to an activating group) is 1. The van der Waals surface area contributed by atoms with Crippen molar-refractivity contribution in [2.75, 3.05) is 27.3 Å². The molecule has 1 N–H and O–H groups in total. The zero-order chi connectivity index (χ0) is 15.2. The topological polar surface area (TPSA) is 24.5 Å². The highest BCUT2D eigenvalue weighted by molar-refractivity contribution is 6.31. The zero-order valence-electron chi connectivity index (χ0n) is 13.2. The van der Waals surface area contributed by atoms with E-state index >= 15 is 0 Å². The van der Waals surface area contributed by atoms with Crippen molar-refractivity contribution in [2.24, 2.45) is 0 Å². The lowest BCUT2D eigenvalue weighted by Gasteiger charge is -2.31. The molecule has 0 radical (unpaired) electrons. The summed E-state index contributed by atoms with van der Waals surface area (Å²) in [6.45, 7) is 8.92. The minimum absolute atomic E-state index is 0.108. The van der Waals surface area contributed by atoms with E-state index in [2.05, 4.69) is 44.1 Å². The Balaban J connectivity index is 2.64. The summed E-state index contributed by atoms with van der Waals surface area (Å²) in [4.78, 5) is 2.28. The van der Waals surface area contributed by atoms with Crippen molar-refractivity contribution in [3.05, 3.63) is 34.9 Å². The minimum Gasteiger partial charge on any atom is -0.383 e. The molecule has 1 atom stereocenters. The fourth-order valence-corrected chi connectivity index (χ4v) is 2.18. The summed E-state index contributed by atoms with van der Waals surface area (Å²) in [5.74, 6) is 0. The van der Waals surface area contributed by atoms with E-state index in [-0.39, 0.29) is 5.54 Å². The fraction of sp³-hybridized carbons (Fsp3) is 0.625. The molecule has 0 aliphatic rings. The molecule has 0 aliphatic heterocycles. The molecule has 0 fully saturated rings. The average Bonchev–Trinajstić information content (AvgIpc) is 2.36. The number of rotatable bonds is 7. The first-order valence-electron chi connectivity index (χ1n) is 7.01. The highest BCUT2D eigenvalue weighted by Crippen LogP contribution is 2.17. The molecule has 20 heavy (non-hydrogen) atoms. The van der Waals surface area contributed by atoms with Gasteiger partial charge in [0.1, 0.15) is 0 Å². The van der Waals surface area contributed by atoms with Crippen molar-refractivity contribution >= 4 is 11.6 Å². The van der Waals surface area contributed by atoms with Gasteiger partial charge in [0, 0.05) is 36.8 Å². The number of nitrogens with one attached hydrogen (secondary N) is 1. The van der Waals surface area contributed by atoms with Crippen LogP contribution in [-0.2, 0) is 11.3 Å². The molecule has 1 unspecified atom stereocenters. The van der Waals surface area contributed by atoms with E-state index in [1.165, 1.54) is 0 Å². The van der Waals surface area contributed by atoms with E-state index in [1.54, 1.807) is 7.11 Å². The van der Waals surface area contributed by atoms with Crippen LogP contribution in [0, 0.1) is 0 Å². The molecule has 1 rings (SSSR count). The van der Waals surface area contributed by atoms with Crippen molar-refractivity contribution in [2.45, 2.75) is 38.9 Å². The maximum Gasteiger partial charge on any atom is 0.0630 e. The lowest BCUT2D eigenvalue weighted by Crippen LogP contribution is -2.48. The molecule has 1 aromatic carbocycles. The van der Waals surface area contributed by atoms with Crippen molar-refractivity contribution in [1.82, 2.24) is 10.2 Å². The SMILES string of the molecule is COCC(CNC(C)(C)C)N(C)Cc1ccccc1Cl. The van der Waals surface area contributed by atoms with Gasteiger partial charge in [0.25, 0.3) is 0 Å². The summed E-state index contributed by atoms with van der Waals surface area (Å²) in [5, 5.41) is 4.35. The highest BCUT2D eigenvalue weighted by atomic mass is 35.5. The Labute approximate surface area is 128 Å². The van der Waals surface area contributed by atoms with Gasteiger partial charge in [-0.2, -0.15) is 0 Å². The van der Waals surface area contributed by atoms with Gasteiger partial charge in [-0.25, -0.2) is 0 Å². The second-order valence-corrected chi connectivity index (χ2v) is 6.65. The van der Waals surface area contributed by atoms with Crippen LogP contribution in [0.2, 0.25) is 5.02 Å². The number of halogens is 1. The molecule has 0 saturated carbocycles. The summed E-state index contributed by atoms with van der Waals surface area (Å²) in [5.41, 5.74) is 1.26. The maximum absolute atomic E-state index is 6.23. The van der Waals surface area contributed by atoms with Crippen LogP contribution in [0.1, 0.15) is 26.3 Å². The summed E-state index contributed by atoms with van der Waals surface area (Å²) in [6, 6.07) is 8.30. The van der Waals surface area contributed by atoms with Crippen molar-refractivity contribution in [1.29, 1.82) is 0 Å². The summed E-state index contributed by atoms with van der Waals surface area (Å²) < 4.78 is 5.34. The predicted molar refractivity (Wildman–Crippen MR) is 86.3 cm³/mol. The van der Waals surface area contributed by atoms with E-state index in [0.717, 1.165) is 23.7 Å². The molecule has 0 bridgehead atoms. The molecule has 4 heteroatoms. The van der Waals surface area contributed by atoms with Gasteiger partial charge < -0.3 is 10.1 Å². The molecular formula is C16H27ClN2O. The number of nitrogens with zero attached hydrogens (tertiary/aromatic N) is 1. The van der Waals surface area contributed by atoms with Gasteiger partial charge in [0.05, 0.1) is 6.61 Å². The molecule has 114 valence electrons. The fourth-order valence-electron chi connectivity index (χ4n) is 1.98. The molecule has 1 aromatic rings. The Morgan fingerprint density at radius 2 is 1.95 bits per heavy atom. The molecule has 0 amide bonds. The number of hydrogen-bond acceptors (Lipinski definition) is 3.